The summed E-state index contributed by atoms with van der Waals surface area (Å²) in [6.45, 7) is 9.25. The summed E-state index contributed by atoms with van der Waals surface area (Å²) in [6, 6.07) is 5.99. The van der Waals surface area contributed by atoms with Gasteiger partial charge in [-0.15, -0.1) is 0 Å². The zero-order valence-corrected chi connectivity index (χ0v) is 15.6. The van der Waals surface area contributed by atoms with E-state index in [1.165, 1.54) is 18.6 Å². The second kappa shape index (κ2) is 8.48. The number of piperidine rings is 1. The van der Waals surface area contributed by atoms with E-state index in [2.05, 4.69) is 0 Å². The fourth-order valence-corrected chi connectivity index (χ4v) is 2.59. The third-order valence-corrected chi connectivity index (χ3v) is 4.19. The van der Waals surface area contributed by atoms with Crippen molar-refractivity contribution in [3.8, 4) is 0 Å². The van der Waals surface area contributed by atoms with Crippen LogP contribution in [0.1, 0.15) is 45.6 Å². The molecular formula is C17H27NO5S. The van der Waals surface area contributed by atoms with Gasteiger partial charge in [0.2, 0.25) is 0 Å². The number of carbonyl (C=O) groups is 1. The Morgan fingerprint density at radius 3 is 2.00 bits per heavy atom. The highest BCUT2D eigenvalue weighted by atomic mass is 32.2. The Bertz CT molecular complexity index is 626. The molecule has 0 unspecified atom stereocenters. The molecule has 1 fully saturated rings. The van der Waals surface area contributed by atoms with Gasteiger partial charge in [-0.2, -0.15) is 8.42 Å². The molecule has 6 nitrogen and oxygen atoms in total. The molecule has 0 spiro atoms. The molecule has 1 saturated heterocycles. The fourth-order valence-electron chi connectivity index (χ4n) is 2.11. The number of carbonyl (C=O) groups excluding carboxylic acids is 1. The summed E-state index contributed by atoms with van der Waals surface area (Å²) in [5.41, 5.74) is 0.589. The van der Waals surface area contributed by atoms with E-state index >= 15 is 0 Å². The SMILES string of the molecule is CC(C)(C)OC(=O)N1CCCCC1.Cc1ccc(S(=O)(=O)O)cc1. The minimum atomic E-state index is -4.02. The Hall–Kier alpha value is -1.60. The summed E-state index contributed by atoms with van der Waals surface area (Å²) < 4.78 is 34.8. The monoisotopic (exact) mass is 357 g/mol. The van der Waals surface area contributed by atoms with Crippen LogP contribution in [0, 0.1) is 6.92 Å². The third kappa shape index (κ3) is 7.79. The first-order chi connectivity index (χ1) is 11.0. The standard InChI is InChI=1S/C10H19NO2.C7H8O3S/c1-10(2,3)13-9(12)11-7-5-4-6-8-11;1-6-2-4-7(5-3-6)11(8,9)10/h4-8H2,1-3H3;2-5H,1H3,(H,8,9,10). The van der Waals surface area contributed by atoms with Crippen molar-refractivity contribution < 1.29 is 22.5 Å². The minimum absolute atomic E-state index is 0.0666. The lowest BCUT2D eigenvalue weighted by Gasteiger charge is -2.29. The molecule has 1 aliphatic heterocycles. The topological polar surface area (TPSA) is 83.9 Å². The summed E-state index contributed by atoms with van der Waals surface area (Å²) in [5.74, 6) is 0. The fraction of sp³-hybridized carbons (Fsp3) is 0.588. The molecular weight excluding hydrogens is 330 g/mol. The first-order valence-electron chi connectivity index (χ1n) is 8.01. The second-order valence-corrected chi connectivity index (χ2v) is 8.24. The Balaban J connectivity index is 0.000000243. The Labute approximate surface area is 144 Å². The van der Waals surface area contributed by atoms with Crippen molar-refractivity contribution in [2.24, 2.45) is 0 Å². The zero-order chi connectivity index (χ0) is 18.4. The van der Waals surface area contributed by atoms with Crippen molar-refractivity contribution in [3.63, 3.8) is 0 Å². The molecule has 1 aromatic rings. The number of benzene rings is 1. The number of likely N-dealkylation sites (tertiary alicyclic amines) is 1. The van der Waals surface area contributed by atoms with Crippen LogP contribution in [0.2, 0.25) is 0 Å². The molecule has 24 heavy (non-hydrogen) atoms. The summed E-state index contributed by atoms with van der Waals surface area (Å²) >= 11 is 0. The van der Waals surface area contributed by atoms with E-state index in [-0.39, 0.29) is 16.6 Å². The predicted molar refractivity (Wildman–Crippen MR) is 92.7 cm³/mol. The van der Waals surface area contributed by atoms with E-state index in [1.54, 1.807) is 17.0 Å². The molecule has 2 rings (SSSR count). The van der Waals surface area contributed by atoms with Crippen molar-refractivity contribution in [2.75, 3.05) is 13.1 Å². The highest BCUT2D eigenvalue weighted by Gasteiger charge is 2.22. The number of amides is 1. The van der Waals surface area contributed by atoms with E-state index in [0.29, 0.717) is 0 Å². The van der Waals surface area contributed by atoms with Gasteiger partial charge in [-0.25, -0.2) is 4.79 Å². The van der Waals surface area contributed by atoms with E-state index in [0.717, 1.165) is 31.5 Å². The van der Waals surface area contributed by atoms with Gasteiger partial charge in [-0.1, -0.05) is 17.7 Å². The molecule has 0 atom stereocenters. The van der Waals surface area contributed by atoms with Crippen molar-refractivity contribution >= 4 is 16.2 Å². The third-order valence-electron chi connectivity index (χ3n) is 3.33. The van der Waals surface area contributed by atoms with Crippen molar-refractivity contribution in [2.45, 2.75) is 57.5 Å². The number of hydrogen-bond acceptors (Lipinski definition) is 4. The summed E-state index contributed by atoms with van der Waals surface area (Å²) in [5, 5.41) is 0. The Morgan fingerprint density at radius 2 is 1.58 bits per heavy atom. The van der Waals surface area contributed by atoms with Crippen LogP contribution in [0.3, 0.4) is 0 Å². The molecule has 7 heteroatoms. The average Bonchev–Trinajstić information content (AvgIpc) is 2.46. The first-order valence-corrected chi connectivity index (χ1v) is 9.45. The second-order valence-electron chi connectivity index (χ2n) is 6.82. The molecule has 0 aromatic heterocycles. The molecule has 136 valence electrons. The van der Waals surface area contributed by atoms with Crippen molar-refractivity contribution in [1.82, 2.24) is 4.90 Å². The summed E-state index contributed by atoms with van der Waals surface area (Å²) in [7, 11) is -4.02. The minimum Gasteiger partial charge on any atom is -0.444 e. The van der Waals surface area contributed by atoms with Crippen LogP contribution >= 0.6 is 0 Å². The van der Waals surface area contributed by atoms with Gasteiger partial charge >= 0.3 is 6.09 Å². The van der Waals surface area contributed by atoms with Gasteiger partial charge in [0.15, 0.2) is 0 Å². The van der Waals surface area contributed by atoms with Crippen LogP contribution < -0.4 is 0 Å². The van der Waals surface area contributed by atoms with Crippen LogP contribution in [0.25, 0.3) is 0 Å². The van der Waals surface area contributed by atoms with Crippen LogP contribution in [-0.4, -0.2) is 42.7 Å². The van der Waals surface area contributed by atoms with Crippen LogP contribution in [0.4, 0.5) is 4.79 Å². The maximum Gasteiger partial charge on any atom is 0.410 e. The highest BCUT2D eigenvalue weighted by Crippen LogP contribution is 2.14. The van der Waals surface area contributed by atoms with E-state index < -0.39 is 10.1 Å². The molecule has 0 bridgehead atoms. The van der Waals surface area contributed by atoms with Crippen LogP contribution in [-0.2, 0) is 14.9 Å². The molecule has 0 aliphatic carbocycles. The normalized spacial score (nSPS) is 15.3. The maximum absolute atomic E-state index is 11.5. The number of aryl methyl sites for hydroxylation is 1. The van der Waals surface area contributed by atoms with Crippen molar-refractivity contribution in [1.29, 1.82) is 0 Å². The van der Waals surface area contributed by atoms with Crippen LogP contribution in [0.5, 0.6) is 0 Å². The first kappa shape index (κ1) is 20.4. The maximum atomic E-state index is 11.5. The van der Waals surface area contributed by atoms with Gasteiger partial charge in [-0.05, 0) is 59.1 Å². The number of hydrogen-bond donors (Lipinski definition) is 1. The summed E-state index contributed by atoms with van der Waals surface area (Å²) in [6.07, 6.45) is 3.30. The molecule has 0 radical (unpaired) electrons. The lowest BCUT2D eigenvalue weighted by Crippen LogP contribution is -2.39. The largest absolute Gasteiger partial charge is 0.444 e. The highest BCUT2D eigenvalue weighted by molar-refractivity contribution is 7.85. The van der Waals surface area contributed by atoms with Crippen molar-refractivity contribution in [3.05, 3.63) is 29.8 Å². The van der Waals surface area contributed by atoms with Crippen LogP contribution in [0.15, 0.2) is 29.2 Å². The lowest BCUT2D eigenvalue weighted by molar-refractivity contribution is 0.0216. The summed E-state index contributed by atoms with van der Waals surface area (Å²) in [4.78, 5) is 13.3. The van der Waals surface area contributed by atoms with E-state index in [1.807, 2.05) is 27.7 Å². The molecule has 1 aromatic carbocycles. The van der Waals surface area contributed by atoms with Gasteiger partial charge in [0.25, 0.3) is 10.1 Å². The Morgan fingerprint density at radius 1 is 1.08 bits per heavy atom. The molecule has 1 aliphatic rings. The smallest absolute Gasteiger partial charge is 0.410 e. The quantitative estimate of drug-likeness (QED) is 0.776. The zero-order valence-electron chi connectivity index (χ0n) is 14.8. The lowest BCUT2D eigenvalue weighted by atomic mass is 10.1. The predicted octanol–water partition coefficient (Wildman–Crippen LogP) is 3.65. The average molecular weight is 357 g/mol. The molecule has 0 saturated carbocycles. The molecule has 1 heterocycles. The Kier molecular flexibility index (Phi) is 7.23. The van der Waals surface area contributed by atoms with Gasteiger partial charge in [0.1, 0.15) is 5.60 Å². The van der Waals surface area contributed by atoms with Gasteiger partial charge < -0.3 is 9.64 Å². The number of ether oxygens (including phenoxy) is 1. The van der Waals surface area contributed by atoms with Gasteiger partial charge in [0.05, 0.1) is 4.90 Å². The van der Waals surface area contributed by atoms with E-state index in [9.17, 15) is 13.2 Å². The van der Waals surface area contributed by atoms with Gasteiger partial charge in [-0.3, -0.25) is 4.55 Å². The molecule has 1 amide bonds. The number of rotatable bonds is 1. The number of nitrogens with zero attached hydrogens (tertiary/aromatic N) is 1. The van der Waals surface area contributed by atoms with E-state index in [4.69, 9.17) is 9.29 Å². The van der Waals surface area contributed by atoms with Gasteiger partial charge in [0, 0.05) is 13.1 Å². The molecule has 1 N–H and O–H groups in total.